The van der Waals surface area contributed by atoms with E-state index in [1.54, 1.807) is 4.90 Å². The second-order valence-corrected chi connectivity index (χ2v) is 5.65. The molecule has 24 heavy (non-hydrogen) atoms. The number of urea groups is 1. The number of nitrogens with one attached hydrogen (secondary N) is 1. The van der Waals surface area contributed by atoms with Crippen LogP contribution in [0, 0.1) is 0 Å². The number of aromatic nitrogens is 1. The Balaban J connectivity index is 1.52. The molecule has 2 fully saturated rings. The summed E-state index contributed by atoms with van der Waals surface area (Å²) in [7, 11) is 0. The zero-order valence-electron chi connectivity index (χ0n) is 12.5. The zero-order valence-corrected chi connectivity index (χ0v) is 12.5. The summed E-state index contributed by atoms with van der Waals surface area (Å²) in [5, 5.41) is 2.55. The molecular weight excluding hydrogens is 329 g/mol. The van der Waals surface area contributed by atoms with Crippen LogP contribution >= 0.6 is 0 Å². The van der Waals surface area contributed by atoms with Crippen LogP contribution in [0.25, 0.3) is 0 Å². The van der Waals surface area contributed by atoms with Crippen molar-refractivity contribution in [2.24, 2.45) is 0 Å². The van der Waals surface area contributed by atoms with Gasteiger partial charge in [-0.15, -0.1) is 0 Å². The van der Waals surface area contributed by atoms with Crippen LogP contribution in [-0.4, -0.2) is 58.8 Å². The average Bonchev–Trinajstić information content (AvgIpc) is 3.28. The van der Waals surface area contributed by atoms with Crippen molar-refractivity contribution < 1.29 is 27.5 Å². The molecule has 3 amide bonds. The van der Waals surface area contributed by atoms with Gasteiger partial charge in [0.2, 0.25) is 11.8 Å². The molecule has 130 valence electrons. The Morgan fingerprint density at radius 2 is 2.12 bits per heavy atom. The van der Waals surface area contributed by atoms with E-state index in [-0.39, 0.29) is 31.0 Å². The van der Waals surface area contributed by atoms with Crippen LogP contribution in [0.5, 0.6) is 5.88 Å². The lowest BCUT2D eigenvalue weighted by Gasteiger charge is -2.18. The fraction of sp³-hybridized carbons (Fsp3) is 0.500. The molecule has 0 bridgehead atoms. The van der Waals surface area contributed by atoms with Gasteiger partial charge in [0.15, 0.2) is 6.61 Å². The van der Waals surface area contributed by atoms with E-state index >= 15 is 0 Å². The highest BCUT2D eigenvalue weighted by atomic mass is 19.4. The van der Waals surface area contributed by atoms with Gasteiger partial charge in [0, 0.05) is 12.1 Å². The van der Waals surface area contributed by atoms with Gasteiger partial charge in [-0.05, 0) is 18.9 Å². The molecule has 0 radical (unpaired) electrons. The van der Waals surface area contributed by atoms with Gasteiger partial charge in [0.25, 0.3) is 0 Å². The van der Waals surface area contributed by atoms with Crippen molar-refractivity contribution in [1.82, 2.24) is 14.8 Å². The van der Waals surface area contributed by atoms with Crippen molar-refractivity contribution >= 4 is 17.6 Å². The van der Waals surface area contributed by atoms with E-state index in [1.807, 2.05) is 0 Å². The normalized spacial score (nSPS) is 18.0. The molecular formula is C14H15F3N4O3. The number of hydrogen-bond donors (Lipinski definition) is 1. The number of ether oxygens (including phenoxy) is 1. The van der Waals surface area contributed by atoms with Gasteiger partial charge in [0.05, 0.1) is 18.6 Å². The summed E-state index contributed by atoms with van der Waals surface area (Å²) >= 11 is 0. The molecule has 7 nitrogen and oxygen atoms in total. The number of carbonyl (C=O) groups excluding carboxylic acids is 2. The third-order valence-corrected chi connectivity index (χ3v) is 3.62. The molecule has 0 atom stereocenters. The van der Waals surface area contributed by atoms with Crippen molar-refractivity contribution in [2.75, 3.05) is 25.1 Å². The number of carbonyl (C=O) groups is 2. The highest BCUT2D eigenvalue weighted by molar-refractivity contribution is 5.94. The largest absolute Gasteiger partial charge is 0.468 e. The van der Waals surface area contributed by atoms with Gasteiger partial charge in [0.1, 0.15) is 6.54 Å². The molecule has 2 heterocycles. The molecule has 1 aliphatic heterocycles. The van der Waals surface area contributed by atoms with E-state index in [4.69, 9.17) is 0 Å². The Morgan fingerprint density at radius 1 is 1.38 bits per heavy atom. The van der Waals surface area contributed by atoms with Crippen molar-refractivity contribution in [1.29, 1.82) is 0 Å². The number of amides is 3. The first-order valence-electron chi connectivity index (χ1n) is 7.33. The number of pyridine rings is 1. The third kappa shape index (κ3) is 4.06. The fourth-order valence-electron chi connectivity index (χ4n) is 2.31. The summed E-state index contributed by atoms with van der Waals surface area (Å²) in [6.07, 6.45) is -1.32. The monoisotopic (exact) mass is 344 g/mol. The van der Waals surface area contributed by atoms with E-state index in [0.717, 1.165) is 12.8 Å². The maximum atomic E-state index is 12.1. The predicted molar refractivity (Wildman–Crippen MR) is 76.2 cm³/mol. The topological polar surface area (TPSA) is 74.8 Å². The summed E-state index contributed by atoms with van der Waals surface area (Å²) < 4.78 is 40.6. The molecule has 1 aromatic heterocycles. The van der Waals surface area contributed by atoms with Gasteiger partial charge >= 0.3 is 12.2 Å². The first-order chi connectivity index (χ1) is 11.3. The number of hydrogen-bond acceptors (Lipinski definition) is 4. The maximum Gasteiger partial charge on any atom is 0.422 e. The number of alkyl halides is 3. The van der Waals surface area contributed by atoms with Crippen LogP contribution in [0.2, 0.25) is 0 Å². The molecule has 1 aromatic rings. The Hall–Kier alpha value is -2.52. The second-order valence-electron chi connectivity index (χ2n) is 5.65. The molecule has 1 saturated carbocycles. The minimum atomic E-state index is -4.44. The van der Waals surface area contributed by atoms with Crippen LogP contribution in [0.15, 0.2) is 18.3 Å². The van der Waals surface area contributed by atoms with Crippen LogP contribution in [0.1, 0.15) is 12.8 Å². The van der Waals surface area contributed by atoms with E-state index in [9.17, 15) is 22.8 Å². The molecule has 1 saturated heterocycles. The van der Waals surface area contributed by atoms with Crippen LogP contribution in [0.3, 0.4) is 0 Å². The maximum absolute atomic E-state index is 12.1. The molecule has 1 N–H and O–H groups in total. The molecule has 0 spiro atoms. The first-order valence-corrected chi connectivity index (χ1v) is 7.33. The standard InChI is InChI=1S/C14H15F3N4O3/c15-14(16,17)7-24-11-4-1-9(5-18-11)19-13(23)20-6-12(22)21(8-20)10-2-3-10/h1,4-5,10H,2-3,6-8H2,(H,19,23). The van der Waals surface area contributed by atoms with Crippen molar-refractivity contribution in [3.05, 3.63) is 18.3 Å². The predicted octanol–water partition coefficient (Wildman–Crippen LogP) is 1.82. The highest BCUT2D eigenvalue weighted by Gasteiger charge is 2.39. The number of anilines is 1. The van der Waals surface area contributed by atoms with Gasteiger partial charge in [-0.25, -0.2) is 9.78 Å². The average molecular weight is 344 g/mol. The van der Waals surface area contributed by atoms with Gasteiger partial charge in [-0.3, -0.25) is 9.69 Å². The summed E-state index contributed by atoms with van der Waals surface area (Å²) in [6.45, 7) is -1.17. The minimum absolute atomic E-state index is 0.0164. The molecule has 10 heteroatoms. The van der Waals surface area contributed by atoms with Gasteiger partial charge < -0.3 is 15.0 Å². The lowest BCUT2D eigenvalue weighted by atomic mass is 10.4. The third-order valence-electron chi connectivity index (χ3n) is 3.62. The lowest BCUT2D eigenvalue weighted by Crippen LogP contribution is -2.35. The fourth-order valence-corrected chi connectivity index (χ4v) is 2.31. The van der Waals surface area contributed by atoms with E-state index in [1.165, 1.54) is 23.2 Å². The molecule has 0 aromatic carbocycles. The van der Waals surface area contributed by atoms with Gasteiger partial charge in [-0.2, -0.15) is 13.2 Å². The van der Waals surface area contributed by atoms with Crippen LogP contribution < -0.4 is 10.1 Å². The van der Waals surface area contributed by atoms with Crippen LogP contribution in [-0.2, 0) is 4.79 Å². The Labute approximate surface area is 135 Å². The first kappa shape index (κ1) is 16.3. The SMILES string of the molecule is O=C(Nc1ccc(OCC(F)(F)F)nc1)N1CC(=O)N(C2CC2)C1. The van der Waals surface area contributed by atoms with Crippen molar-refractivity contribution in [2.45, 2.75) is 25.1 Å². The summed E-state index contributed by atoms with van der Waals surface area (Å²) in [5.41, 5.74) is 0.302. The highest BCUT2D eigenvalue weighted by Crippen LogP contribution is 2.29. The minimum Gasteiger partial charge on any atom is -0.468 e. The van der Waals surface area contributed by atoms with Crippen molar-refractivity contribution in [3.63, 3.8) is 0 Å². The Kier molecular flexibility index (Phi) is 4.20. The summed E-state index contributed by atoms with van der Waals surface area (Å²) in [4.78, 5) is 30.7. The molecule has 0 unspecified atom stereocenters. The quantitative estimate of drug-likeness (QED) is 0.904. The smallest absolute Gasteiger partial charge is 0.422 e. The lowest BCUT2D eigenvalue weighted by molar-refractivity contribution is -0.154. The van der Waals surface area contributed by atoms with E-state index in [0.29, 0.717) is 5.69 Å². The Bertz CT molecular complexity index is 631. The van der Waals surface area contributed by atoms with E-state index < -0.39 is 18.8 Å². The van der Waals surface area contributed by atoms with E-state index in [2.05, 4.69) is 15.0 Å². The van der Waals surface area contributed by atoms with Gasteiger partial charge in [-0.1, -0.05) is 0 Å². The zero-order chi connectivity index (χ0) is 17.3. The second kappa shape index (κ2) is 6.17. The summed E-state index contributed by atoms with van der Waals surface area (Å²) in [6, 6.07) is 2.39. The summed E-state index contributed by atoms with van der Waals surface area (Å²) in [5.74, 6) is -0.275. The number of nitrogens with zero attached hydrogens (tertiary/aromatic N) is 3. The Morgan fingerprint density at radius 3 is 2.71 bits per heavy atom. The molecule has 2 aliphatic rings. The number of halogens is 3. The van der Waals surface area contributed by atoms with Crippen molar-refractivity contribution in [3.8, 4) is 5.88 Å². The number of rotatable bonds is 4. The molecule has 1 aliphatic carbocycles. The van der Waals surface area contributed by atoms with Crippen LogP contribution in [0.4, 0.5) is 23.7 Å². The molecule has 3 rings (SSSR count).